The average Bonchev–Trinajstić information content (AvgIpc) is 2.95. The molecule has 94 valence electrons. The van der Waals surface area contributed by atoms with Crippen LogP contribution in [-0.2, 0) is 4.79 Å². The molecule has 0 aromatic carbocycles. The van der Waals surface area contributed by atoms with Crippen molar-refractivity contribution in [3.05, 3.63) is 24.6 Å². The molecule has 3 heterocycles. The van der Waals surface area contributed by atoms with E-state index >= 15 is 0 Å². The molecule has 2 aromatic heterocycles. The number of pyridine rings is 1. The summed E-state index contributed by atoms with van der Waals surface area (Å²) in [7, 11) is 0. The topological polar surface area (TPSA) is 66.6 Å². The van der Waals surface area contributed by atoms with Gasteiger partial charge in [0, 0.05) is 25.7 Å². The van der Waals surface area contributed by atoms with E-state index in [0.717, 1.165) is 36.3 Å². The molecule has 0 amide bonds. The Kier molecular flexibility index (Phi) is 2.66. The standard InChI is InChI=1S/C13H14N2O3/c16-12(17)7-9-2-5-15(8-9)13-10-3-6-18-11(10)1-4-14-13/h1,3-4,6,9H,2,5,7-8H2,(H,16,17). The number of anilines is 1. The first-order valence-corrected chi connectivity index (χ1v) is 6.03. The Hall–Kier alpha value is -2.04. The molecule has 0 aliphatic carbocycles. The van der Waals surface area contributed by atoms with Crippen LogP contribution in [0.5, 0.6) is 0 Å². The second-order valence-electron chi connectivity index (χ2n) is 4.67. The van der Waals surface area contributed by atoms with Crippen molar-refractivity contribution in [2.24, 2.45) is 5.92 Å². The van der Waals surface area contributed by atoms with Crippen molar-refractivity contribution in [2.45, 2.75) is 12.8 Å². The molecule has 3 rings (SSSR count). The summed E-state index contributed by atoms with van der Waals surface area (Å²) in [6, 6.07) is 3.74. The Balaban J connectivity index is 1.84. The maximum atomic E-state index is 10.7. The summed E-state index contributed by atoms with van der Waals surface area (Å²) >= 11 is 0. The third-order valence-corrected chi connectivity index (χ3v) is 3.41. The van der Waals surface area contributed by atoms with E-state index in [9.17, 15) is 4.79 Å². The van der Waals surface area contributed by atoms with Crippen LogP contribution < -0.4 is 4.90 Å². The first-order chi connectivity index (χ1) is 8.74. The van der Waals surface area contributed by atoms with Crippen LogP contribution in [-0.4, -0.2) is 29.1 Å². The number of carbonyl (C=O) groups is 1. The van der Waals surface area contributed by atoms with Crippen LogP contribution in [0.3, 0.4) is 0 Å². The molecule has 1 fully saturated rings. The van der Waals surface area contributed by atoms with Crippen molar-refractivity contribution < 1.29 is 14.3 Å². The van der Waals surface area contributed by atoms with Crippen molar-refractivity contribution in [1.82, 2.24) is 4.98 Å². The van der Waals surface area contributed by atoms with Gasteiger partial charge in [-0.1, -0.05) is 0 Å². The minimum Gasteiger partial charge on any atom is -0.481 e. The lowest BCUT2D eigenvalue weighted by Gasteiger charge is -2.17. The van der Waals surface area contributed by atoms with E-state index in [1.54, 1.807) is 12.5 Å². The third kappa shape index (κ3) is 1.92. The molecule has 5 nitrogen and oxygen atoms in total. The molecule has 1 aliphatic heterocycles. The van der Waals surface area contributed by atoms with Crippen molar-refractivity contribution in [3.63, 3.8) is 0 Å². The fraction of sp³-hybridized carbons (Fsp3) is 0.385. The van der Waals surface area contributed by atoms with Crippen molar-refractivity contribution >= 4 is 22.8 Å². The Bertz CT molecular complexity index is 578. The number of furan rings is 1. The smallest absolute Gasteiger partial charge is 0.303 e. The predicted molar refractivity (Wildman–Crippen MR) is 66.6 cm³/mol. The molecular weight excluding hydrogens is 232 g/mol. The van der Waals surface area contributed by atoms with Gasteiger partial charge in [-0.3, -0.25) is 4.79 Å². The molecule has 1 N–H and O–H groups in total. The number of hydrogen-bond donors (Lipinski definition) is 1. The van der Waals surface area contributed by atoms with Gasteiger partial charge in [0.05, 0.1) is 11.6 Å². The van der Waals surface area contributed by atoms with Crippen LogP contribution >= 0.6 is 0 Å². The maximum Gasteiger partial charge on any atom is 0.303 e. The lowest BCUT2D eigenvalue weighted by atomic mass is 10.1. The number of nitrogens with zero attached hydrogens (tertiary/aromatic N) is 2. The van der Waals surface area contributed by atoms with Gasteiger partial charge < -0.3 is 14.4 Å². The summed E-state index contributed by atoms with van der Waals surface area (Å²) in [6.07, 6.45) is 4.52. The highest BCUT2D eigenvalue weighted by atomic mass is 16.4. The molecule has 18 heavy (non-hydrogen) atoms. The van der Waals surface area contributed by atoms with E-state index in [-0.39, 0.29) is 12.3 Å². The Morgan fingerprint density at radius 2 is 2.44 bits per heavy atom. The number of aromatic nitrogens is 1. The highest BCUT2D eigenvalue weighted by Crippen LogP contribution is 2.30. The molecule has 0 saturated carbocycles. The molecule has 1 saturated heterocycles. The number of aliphatic carboxylic acids is 1. The fourth-order valence-electron chi connectivity index (χ4n) is 2.57. The maximum absolute atomic E-state index is 10.7. The van der Waals surface area contributed by atoms with Crippen molar-refractivity contribution in [2.75, 3.05) is 18.0 Å². The zero-order valence-electron chi connectivity index (χ0n) is 9.87. The summed E-state index contributed by atoms with van der Waals surface area (Å²) in [4.78, 5) is 17.3. The molecule has 5 heteroatoms. The van der Waals surface area contributed by atoms with Gasteiger partial charge in [-0.25, -0.2) is 4.98 Å². The van der Waals surface area contributed by atoms with Crippen molar-refractivity contribution in [3.8, 4) is 0 Å². The minimum atomic E-state index is -0.726. The highest BCUT2D eigenvalue weighted by molar-refractivity contribution is 5.88. The van der Waals surface area contributed by atoms with E-state index < -0.39 is 5.97 Å². The van der Waals surface area contributed by atoms with E-state index in [4.69, 9.17) is 9.52 Å². The van der Waals surface area contributed by atoms with Crippen LogP contribution in [0.4, 0.5) is 5.82 Å². The van der Waals surface area contributed by atoms with Gasteiger partial charge in [-0.05, 0) is 24.5 Å². The van der Waals surface area contributed by atoms with Crippen LogP contribution in [0.15, 0.2) is 29.0 Å². The molecule has 0 spiro atoms. The van der Waals surface area contributed by atoms with Gasteiger partial charge >= 0.3 is 5.97 Å². The van der Waals surface area contributed by atoms with Gasteiger partial charge in [0.1, 0.15) is 11.4 Å². The normalized spacial score (nSPS) is 19.6. The van der Waals surface area contributed by atoms with E-state index in [0.29, 0.717) is 0 Å². The van der Waals surface area contributed by atoms with Gasteiger partial charge in [-0.2, -0.15) is 0 Å². The SMILES string of the molecule is O=C(O)CC1CCN(c2nccc3occc23)C1. The predicted octanol–water partition coefficient (Wildman–Crippen LogP) is 2.13. The molecular formula is C13H14N2O3. The average molecular weight is 246 g/mol. The van der Waals surface area contributed by atoms with Crippen LogP contribution in [0, 0.1) is 5.92 Å². The molecule has 0 bridgehead atoms. The van der Waals surface area contributed by atoms with Crippen LogP contribution in [0.2, 0.25) is 0 Å². The number of fused-ring (bicyclic) bond motifs is 1. The van der Waals surface area contributed by atoms with E-state index in [1.807, 2.05) is 12.1 Å². The molecule has 1 aliphatic rings. The van der Waals surface area contributed by atoms with E-state index in [2.05, 4.69) is 9.88 Å². The minimum absolute atomic E-state index is 0.214. The lowest BCUT2D eigenvalue weighted by Crippen LogP contribution is -2.21. The summed E-state index contributed by atoms with van der Waals surface area (Å²) in [5.74, 6) is 0.386. The summed E-state index contributed by atoms with van der Waals surface area (Å²) in [5, 5.41) is 9.81. The number of rotatable bonds is 3. The molecule has 2 aromatic rings. The molecule has 0 radical (unpaired) electrons. The van der Waals surface area contributed by atoms with Gasteiger partial charge in [0.25, 0.3) is 0 Å². The second kappa shape index (κ2) is 4.33. The Morgan fingerprint density at radius 3 is 3.28 bits per heavy atom. The first-order valence-electron chi connectivity index (χ1n) is 6.03. The highest BCUT2D eigenvalue weighted by Gasteiger charge is 2.26. The summed E-state index contributed by atoms with van der Waals surface area (Å²) < 4.78 is 5.35. The zero-order valence-corrected chi connectivity index (χ0v) is 9.87. The molecule has 1 atom stereocenters. The second-order valence-corrected chi connectivity index (χ2v) is 4.67. The monoisotopic (exact) mass is 246 g/mol. The van der Waals surface area contributed by atoms with Gasteiger partial charge in [-0.15, -0.1) is 0 Å². The van der Waals surface area contributed by atoms with Gasteiger partial charge in [0.15, 0.2) is 0 Å². The van der Waals surface area contributed by atoms with Crippen molar-refractivity contribution in [1.29, 1.82) is 0 Å². The molecule has 1 unspecified atom stereocenters. The zero-order chi connectivity index (χ0) is 12.5. The first kappa shape index (κ1) is 11.1. The fourth-order valence-corrected chi connectivity index (χ4v) is 2.57. The summed E-state index contributed by atoms with van der Waals surface area (Å²) in [5.41, 5.74) is 0.821. The summed E-state index contributed by atoms with van der Waals surface area (Å²) in [6.45, 7) is 1.61. The van der Waals surface area contributed by atoms with Crippen LogP contribution in [0.25, 0.3) is 11.0 Å². The quantitative estimate of drug-likeness (QED) is 0.898. The Labute approximate surface area is 104 Å². The number of carboxylic acids is 1. The number of carboxylic acid groups (broad SMARTS) is 1. The Morgan fingerprint density at radius 1 is 1.56 bits per heavy atom. The number of hydrogen-bond acceptors (Lipinski definition) is 4. The largest absolute Gasteiger partial charge is 0.481 e. The van der Waals surface area contributed by atoms with Crippen LogP contribution in [0.1, 0.15) is 12.8 Å². The lowest BCUT2D eigenvalue weighted by molar-refractivity contribution is -0.137. The van der Waals surface area contributed by atoms with E-state index in [1.165, 1.54) is 0 Å². The van der Waals surface area contributed by atoms with Gasteiger partial charge in [0.2, 0.25) is 0 Å². The third-order valence-electron chi connectivity index (χ3n) is 3.41.